The Morgan fingerprint density at radius 3 is 2.31 bits per heavy atom. The molecule has 0 spiro atoms. The Morgan fingerprint density at radius 1 is 1.07 bits per heavy atom. The van der Waals surface area contributed by atoms with Crippen molar-refractivity contribution in [3.05, 3.63) is 11.6 Å². The maximum Gasteiger partial charge on any atom is 0.315 e. The summed E-state index contributed by atoms with van der Waals surface area (Å²) >= 11 is 0. The number of urea groups is 1. The minimum absolute atomic E-state index is 0.139. The molecule has 1 aliphatic carbocycles. The van der Waals surface area contributed by atoms with E-state index in [0.29, 0.717) is 13.0 Å². The van der Waals surface area contributed by atoms with Crippen molar-refractivity contribution in [2.24, 2.45) is 5.73 Å². The Balaban J connectivity index is 2.12. The second kappa shape index (κ2) is 10.3. The van der Waals surface area contributed by atoms with Crippen LogP contribution in [0.2, 0.25) is 0 Å². The average Bonchev–Trinajstić information content (AvgIpc) is 3.04. The maximum atomic E-state index is 13.0. The van der Waals surface area contributed by atoms with Crippen LogP contribution in [0.1, 0.15) is 52.4 Å². The second-order valence-corrected chi connectivity index (χ2v) is 8.21. The summed E-state index contributed by atoms with van der Waals surface area (Å²) < 4.78 is 0. The summed E-state index contributed by atoms with van der Waals surface area (Å²) in [7, 11) is 1.47. The fourth-order valence-electron chi connectivity index (χ4n) is 4.01. The van der Waals surface area contributed by atoms with Crippen LogP contribution in [0.5, 0.6) is 0 Å². The van der Waals surface area contributed by atoms with E-state index in [-0.39, 0.29) is 24.5 Å². The summed E-state index contributed by atoms with van der Waals surface area (Å²) in [6, 6.07) is -1.59. The number of nitrogens with zero attached hydrogens (tertiary/aromatic N) is 2. The third kappa shape index (κ3) is 6.47. The average molecular weight is 408 g/mol. The van der Waals surface area contributed by atoms with Crippen molar-refractivity contribution in [3.63, 3.8) is 0 Å². The van der Waals surface area contributed by atoms with Gasteiger partial charge < -0.3 is 26.2 Å². The normalized spacial score (nSPS) is 22.0. The lowest BCUT2D eigenvalue weighted by Crippen LogP contribution is -2.57. The number of nitrogens with one attached hydrogen (secondary N) is 2. The summed E-state index contributed by atoms with van der Waals surface area (Å²) in [5, 5.41) is 5.85. The summed E-state index contributed by atoms with van der Waals surface area (Å²) in [5.74, 6) is -1.34. The number of hydrogen-bond donors (Lipinski definition) is 3. The minimum Gasteiger partial charge on any atom is -0.368 e. The van der Waals surface area contributed by atoms with Gasteiger partial charge in [-0.15, -0.1) is 0 Å². The number of likely N-dealkylation sites (N-methyl/N-ethyl adjacent to an activating group) is 1. The molecule has 0 aromatic carbocycles. The van der Waals surface area contributed by atoms with Crippen LogP contribution in [0.3, 0.4) is 0 Å². The van der Waals surface area contributed by atoms with Crippen LogP contribution in [-0.4, -0.2) is 71.8 Å². The number of nitrogens with two attached hydrogens (primary N) is 1. The quantitative estimate of drug-likeness (QED) is 0.554. The summed E-state index contributed by atoms with van der Waals surface area (Å²) in [5.41, 5.74) is 6.02. The Morgan fingerprint density at radius 2 is 1.72 bits per heavy atom. The number of rotatable bonds is 6. The van der Waals surface area contributed by atoms with Crippen molar-refractivity contribution in [1.29, 1.82) is 0 Å². The fraction of sp³-hybridized carbons (Fsp3) is 0.700. The Kier molecular flexibility index (Phi) is 8.04. The standard InChI is InChI=1S/C20H33N5O4/c1-13(2)11-17(27)25-10-9-15(18(25)19(28)24(3)12-16(21)26)23-20(29)22-14-7-5-4-6-8-14/h11,14-15,18H,4-10,12H2,1-3H3,(H2,21,26)(H2,22,23,29)/t15-,18-/m0/s1. The highest BCUT2D eigenvalue weighted by Crippen LogP contribution is 2.22. The largest absolute Gasteiger partial charge is 0.368 e. The molecule has 5 amide bonds. The van der Waals surface area contributed by atoms with Crippen LogP contribution in [0.4, 0.5) is 4.79 Å². The van der Waals surface area contributed by atoms with Crippen molar-refractivity contribution in [1.82, 2.24) is 20.4 Å². The number of likely N-dealkylation sites (tertiary alicyclic amines) is 1. The molecule has 1 saturated heterocycles. The second-order valence-electron chi connectivity index (χ2n) is 8.21. The number of amides is 5. The fourth-order valence-corrected chi connectivity index (χ4v) is 4.01. The molecule has 162 valence electrons. The van der Waals surface area contributed by atoms with Crippen molar-refractivity contribution >= 4 is 23.8 Å². The molecule has 0 aromatic heterocycles. The smallest absolute Gasteiger partial charge is 0.315 e. The monoisotopic (exact) mass is 407 g/mol. The molecule has 2 aliphatic rings. The van der Waals surface area contributed by atoms with Gasteiger partial charge in [-0.1, -0.05) is 24.8 Å². The lowest BCUT2D eigenvalue weighted by atomic mass is 9.96. The number of hydrogen-bond acceptors (Lipinski definition) is 4. The molecule has 9 nitrogen and oxygen atoms in total. The number of carbonyl (C=O) groups excluding carboxylic acids is 4. The van der Waals surface area contributed by atoms with Crippen LogP contribution in [0.25, 0.3) is 0 Å². The van der Waals surface area contributed by atoms with Crippen LogP contribution >= 0.6 is 0 Å². The highest BCUT2D eigenvalue weighted by atomic mass is 16.2. The van der Waals surface area contributed by atoms with Crippen LogP contribution in [0, 0.1) is 0 Å². The highest BCUT2D eigenvalue weighted by molar-refractivity contribution is 5.95. The zero-order valence-corrected chi connectivity index (χ0v) is 17.6. The van der Waals surface area contributed by atoms with Gasteiger partial charge in [0.2, 0.25) is 17.7 Å². The van der Waals surface area contributed by atoms with Crippen molar-refractivity contribution in [2.45, 2.75) is 70.5 Å². The van der Waals surface area contributed by atoms with Crippen LogP contribution < -0.4 is 16.4 Å². The first-order chi connectivity index (χ1) is 13.7. The van der Waals surface area contributed by atoms with Crippen LogP contribution in [0.15, 0.2) is 11.6 Å². The van der Waals surface area contributed by atoms with Gasteiger partial charge in [0.15, 0.2) is 0 Å². The zero-order valence-electron chi connectivity index (χ0n) is 17.6. The topological polar surface area (TPSA) is 125 Å². The van der Waals surface area contributed by atoms with Gasteiger partial charge in [-0.2, -0.15) is 0 Å². The van der Waals surface area contributed by atoms with E-state index in [0.717, 1.165) is 31.3 Å². The summed E-state index contributed by atoms with van der Waals surface area (Å²) in [6.07, 6.45) is 7.21. The minimum atomic E-state index is -0.875. The van der Waals surface area contributed by atoms with E-state index in [1.807, 2.05) is 0 Å². The van der Waals surface area contributed by atoms with E-state index in [2.05, 4.69) is 10.6 Å². The van der Waals surface area contributed by atoms with E-state index in [9.17, 15) is 19.2 Å². The molecule has 0 aromatic rings. The molecule has 2 fully saturated rings. The van der Waals surface area contributed by atoms with E-state index in [1.54, 1.807) is 13.8 Å². The SMILES string of the molecule is CC(C)=CC(=O)N1CC[C@H](NC(=O)NC2CCCCC2)[C@H]1C(=O)N(C)CC(N)=O. The molecule has 2 rings (SSSR count). The molecule has 0 bridgehead atoms. The van der Waals surface area contributed by atoms with Crippen LogP contribution in [-0.2, 0) is 14.4 Å². The van der Waals surface area contributed by atoms with E-state index < -0.39 is 23.9 Å². The van der Waals surface area contributed by atoms with Gasteiger partial charge in [0.05, 0.1) is 12.6 Å². The van der Waals surface area contributed by atoms with Crippen molar-refractivity contribution < 1.29 is 19.2 Å². The van der Waals surface area contributed by atoms with Gasteiger partial charge in [-0.05, 0) is 33.1 Å². The lowest BCUT2D eigenvalue weighted by Gasteiger charge is -2.31. The van der Waals surface area contributed by atoms with Gasteiger partial charge in [0.1, 0.15) is 6.04 Å². The summed E-state index contributed by atoms with van der Waals surface area (Å²) in [6.45, 7) is 3.70. The highest BCUT2D eigenvalue weighted by Gasteiger charge is 2.43. The third-order valence-electron chi connectivity index (χ3n) is 5.37. The molecule has 4 N–H and O–H groups in total. The van der Waals surface area contributed by atoms with Gasteiger partial charge in [0.25, 0.3) is 0 Å². The van der Waals surface area contributed by atoms with Crippen molar-refractivity contribution in [3.8, 4) is 0 Å². The molecular formula is C20H33N5O4. The number of allylic oxidation sites excluding steroid dienone is 1. The van der Waals surface area contributed by atoms with Gasteiger partial charge in [0, 0.05) is 25.7 Å². The van der Waals surface area contributed by atoms with E-state index in [4.69, 9.17) is 5.73 Å². The first-order valence-electron chi connectivity index (χ1n) is 10.2. The molecule has 2 atom stereocenters. The lowest BCUT2D eigenvalue weighted by molar-refractivity contribution is -0.142. The first-order valence-corrected chi connectivity index (χ1v) is 10.2. The Labute approximate surface area is 172 Å². The molecule has 1 saturated carbocycles. The molecular weight excluding hydrogens is 374 g/mol. The number of carbonyl (C=O) groups is 4. The molecule has 1 aliphatic heterocycles. The molecule has 29 heavy (non-hydrogen) atoms. The predicted molar refractivity (Wildman–Crippen MR) is 109 cm³/mol. The number of primary amides is 1. The first kappa shape index (κ1) is 22.7. The summed E-state index contributed by atoms with van der Waals surface area (Å²) in [4.78, 5) is 52.0. The Hall–Kier alpha value is -2.58. The zero-order chi connectivity index (χ0) is 21.6. The predicted octanol–water partition coefficient (Wildman–Crippen LogP) is 0.498. The third-order valence-corrected chi connectivity index (χ3v) is 5.37. The molecule has 0 unspecified atom stereocenters. The molecule has 1 heterocycles. The van der Waals surface area contributed by atoms with E-state index in [1.165, 1.54) is 29.3 Å². The molecule has 9 heteroatoms. The van der Waals surface area contributed by atoms with Crippen molar-refractivity contribution in [2.75, 3.05) is 20.1 Å². The van der Waals surface area contributed by atoms with Gasteiger partial charge in [-0.3, -0.25) is 14.4 Å². The maximum absolute atomic E-state index is 13.0. The van der Waals surface area contributed by atoms with E-state index >= 15 is 0 Å². The molecule has 0 radical (unpaired) electrons. The Bertz CT molecular complexity index is 668. The van der Waals surface area contributed by atoms with Gasteiger partial charge >= 0.3 is 6.03 Å². The van der Waals surface area contributed by atoms with Gasteiger partial charge in [-0.25, -0.2) is 4.79 Å².